The lowest BCUT2D eigenvalue weighted by Gasteiger charge is -2.12. The van der Waals surface area contributed by atoms with Gasteiger partial charge >= 0.3 is 0 Å². The van der Waals surface area contributed by atoms with Gasteiger partial charge in [-0.15, -0.1) is 0 Å². The van der Waals surface area contributed by atoms with Crippen LogP contribution < -0.4 is 10.6 Å². The Hall–Kier alpha value is -1.35. The molecule has 0 saturated heterocycles. The van der Waals surface area contributed by atoms with Gasteiger partial charge < -0.3 is 10.6 Å². The molecule has 0 bridgehead atoms. The van der Waals surface area contributed by atoms with Gasteiger partial charge in [-0.25, -0.2) is 0 Å². The molecule has 1 aromatic carbocycles. The zero-order chi connectivity index (χ0) is 12.5. The van der Waals surface area contributed by atoms with Gasteiger partial charge in [-0.1, -0.05) is 30.3 Å². The lowest BCUT2D eigenvalue weighted by Crippen LogP contribution is -2.42. The van der Waals surface area contributed by atoms with E-state index in [2.05, 4.69) is 34.9 Å². The van der Waals surface area contributed by atoms with Gasteiger partial charge in [-0.2, -0.15) is 0 Å². The monoisotopic (exact) mass is 234 g/mol. The molecular weight excluding hydrogens is 212 g/mol. The maximum atomic E-state index is 11.4. The highest BCUT2D eigenvalue weighted by molar-refractivity contribution is 5.81. The summed E-state index contributed by atoms with van der Waals surface area (Å²) in [7, 11) is 0. The maximum absolute atomic E-state index is 11.4. The van der Waals surface area contributed by atoms with Gasteiger partial charge in [0.15, 0.2) is 0 Å². The average molecular weight is 234 g/mol. The molecule has 1 rings (SSSR count). The van der Waals surface area contributed by atoms with Crippen molar-refractivity contribution in [3.63, 3.8) is 0 Å². The third-order valence-electron chi connectivity index (χ3n) is 2.68. The van der Waals surface area contributed by atoms with E-state index in [1.165, 1.54) is 5.56 Å². The predicted octanol–water partition coefficient (Wildman–Crippen LogP) is 1.73. The molecule has 0 fully saturated rings. The van der Waals surface area contributed by atoms with Crippen LogP contribution in [0.5, 0.6) is 0 Å². The van der Waals surface area contributed by atoms with E-state index in [1.807, 2.05) is 19.9 Å². The van der Waals surface area contributed by atoms with Crippen LogP contribution in [0.25, 0.3) is 0 Å². The minimum Gasteiger partial charge on any atom is -0.355 e. The quantitative estimate of drug-likeness (QED) is 0.706. The fraction of sp³-hybridized carbons (Fsp3) is 0.500. The van der Waals surface area contributed by atoms with Crippen LogP contribution in [0.15, 0.2) is 30.3 Å². The number of carbonyl (C=O) groups is 1. The fourth-order valence-electron chi connectivity index (χ4n) is 1.68. The minimum absolute atomic E-state index is 0.0761. The normalized spacial score (nSPS) is 12.1. The summed E-state index contributed by atoms with van der Waals surface area (Å²) in [5, 5.41) is 6.03. The highest BCUT2D eigenvalue weighted by atomic mass is 16.2. The van der Waals surface area contributed by atoms with E-state index < -0.39 is 0 Å². The van der Waals surface area contributed by atoms with Crippen molar-refractivity contribution in [3.05, 3.63) is 35.9 Å². The van der Waals surface area contributed by atoms with Crippen LogP contribution >= 0.6 is 0 Å². The lowest BCUT2D eigenvalue weighted by atomic mass is 10.1. The summed E-state index contributed by atoms with van der Waals surface area (Å²) < 4.78 is 0. The fourth-order valence-corrected chi connectivity index (χ4v) is 1.68. The van der Waals surface area contributed by atoms with Gasteiger partial charge in [0, 0.05) is 6.54 Å². The molecule has 1 aromatic rings. The van der Waals surface area contributed by atoms with Crippen LogP contribution in [0.4, 0.5) is 0 Å². The summed E-state index contributed by atoms with van der Waals surface area (Å²) in [6, 6.07) is 10.3. The highest BCUT2D eigenvalue weighted by Crippen LogP contribution is 2.01. The first-order valence-electron chi connectivity index (χ1n) is 6.29. The highest BCUT2D eigenvalue weighted by Gasteiger charge is 2.09. The molecular formula is C14H22N2O. The van der Waals surface area contributed by atoms with E-state index in [-0.39, 0.29) is 11.9 Å². The molecule has 0 spiro atoms. The molecule has 1 atom stereocenters. The number of carbonyl (C=O) groups excluding carboxylic acids is 1. The van der Waals surface area contributed by atoms with Crippen LogP contribution in [0.1, 0.15) is 25.8 Å². The molecule has 0 heterocycles. The zero-order valence-electron chi connectivity index (χ0n) is 10.7. The molecule has 17 heavy (non-hydrogen) atoms. The number of hydrogen-bond acceptors (Lipinski definition) is 2. The number of hydrogen-bond donors (Lipinski definition) is 2. The maximum Gasteiger partial charge on any atom is 0.236 e. The first-order valence-corrected chi connectivity index (χ1v) is 6.29. The average Bonchev–Trinajstić information content (AvgIpc) is 2.36. The Morgan fingerprint density at radius 3 is 2.65 bits per heavy atom. The van der Waals surface area contributed by atoms with Gasteiger partial charge in [0.05, 0.1) is 6.04 Å². The van der Waals surface area contributed by atoms with Gasteiger partial charge in [0.1, 0.15) is 0 Å². The van der Waals surface area contributed by atoms with E-state index in [9.17, 15) is 4.79 Å². The molecule has 1 unspecified atom stereocenters. The molecule has 0 radical (unpaired) electrons. The zero-order valence-corrected chi connectivity index (χ0v) is 10.7. The summed E-state index contributed by atoms with van der Waals surface area (Å²) in [4.78, 5) is 11.4. The summed E-state index contributed by atoms with van der Waals surface area (Å²) >= 11 is 0. The standard InChI is InChI=1S/C14H22N2O/c1-3-15-14(17)12(2)16-11-7-10-13-8-5-4-6-9-13/h4-6,8-9,12,16H,3,7,10-11H2,1-2H3,(H,15,17). The minimum atomic E-state index is -0.106. The van der Waals surface area contributed by atoms with Crippen LogP contribution in [-0.2, 0) is 11.2 Å². The molecule has 2 N–H and O–H groups in total. The van der Waals surface area contributed by atoms with Gasteiger partial charge in [-0.05, 0) is 38.8 Å². The van der Waals surface area contributed by atoms with Crippen molar-refractivity contribution in [1.29, 1.82) is 0 Å². The molecule has 1 amide bonds. The van der Waals surface area contributed by atoms with Crippen LogP contribution in [0.3, 0.4) is 0 Å². The van der Waals surface area contributed by atoms with Crippen molar-refractivity contribution in [2.45, 2.75) is 32.7 Å². The molecule has 0 aliphatic heterocycles. The second-order valence-corrected chi connectivity index (χ2v) is 4.16. The summed E-state index contributed by atoms with van der Waals surface area (Å²) in [5.74, 6) is 0.0761. The van der Waals surface area contributed by atoms with Crippen LogP contribution in [0.2, 0.25) is 0 Å². The Labute approximate surface area is 104 Å². The van der Waals surface area contributed by atoms with Crippen LogP contribution in [-0.4, -0.2) is 25.0 Å². The van der Waals surface area contributed by atoms with E-state index in [1.54, 1.807) is 0 Å². The van der Waals surface area contributed by atoms with E-state index in [0.29, 0.717) is 6.54 Å². The van der Waals surface area contributed by atoms with Gasteiger partial charge in [0.2, 0.25) is 5.91 Å². The van der Waals surface area contributed by atoms with Crippen molar-refractivity contribution in [2.24, 2.45) is 0 Å². The molecule has 0 aliphatic rings. The summed E-state index contributed by atoms with van der Waals surface area (Å²) in [6.45, 7) is 5.38. The van der Waals surface area contributed by atoms with Crippen molar-refractivity contribution in [1.82, 2.24) is 10.6 Å². The topological polar surface area (TPSA) is 41.1 Å². The number of benzene rings is 1. The van der Waals surface area contributed by atoms with Crippen molar-refractivity contribution < 1.29 is 4.79 Å². The Morgan fingerprint density at radius 1 is 1.29 bits per heavy atom. The number of nitrogens with one attached hydrogen (secondary N) is 2. The molecule has 0 saturated carbocycles. The molecule has 3 heteroatoms. The Balaban J connectivity index is 2.14. The largest absolute Gasteiger partial charge is 0.355 e. The van der Waals surface area contributed by atoms with Gasteiger partial charge in [0.25, 0.3) is 0 Å². The Kier molecular flexibility index (Phi) is 6.33. The number of amides is 1. The summed E-state index contributed by atoms with van der Waals surface area (Å²) in [6.07, 6.45) is 2.10. The molecule has 94 valence electrons. The van der Waals surface area contributed by atoms with Crippen LogP contribution in [0, 0.1) is 0 Å². The van der Waals surface area contributed by atoms with E-state index >= 15 is 0 Å². The molecule has 0 aliphatic carbocycles. The van der Waals surface area contributed by atoms with Crippen molar-refractivity contribution in [3.8, 4) is 0 Å². The molecule has 0 aromatic heterocycles. The van der Waals surface area contributed by atoms with Gasteiger partial charge in [-0.3, -0.25) is 4.79 Å². The Morgan fingerprint density at radius 2 is 2.00 bits per heavy atom. The van der Waals surface area contributed by atoms with E-state index in [0.717, 1.165) is 19.4 Å². The first-order chi connectivity index (χ1) is 8.24. The summed E-state index contributed by atoms with van der Waals surface area (Å²) in [5.41, 5.74) is 1.35. The Bertz CT molecular complexity index is 324. The second kappa shape index (κ2) is 7.85. The number of aryl methyl sites for hydroxylation is 1. The van der Waals surface area contributed by atoms with Crippen molar-refractivity contribution in [2.75, 3.05) is 13.1 Å². The SMILES string of the molecule is CCNC(=O)C(C)NCCCc1ccccc1. The van der Waals surface area contributed by atoms with E-state index in [4.69, 9.17) is 0 Å². The lowest BCUT2D eigenvalue weighted by molar-refractivity contribution is -0.122. The third kappa shape index (κ3) is 5.50. The first kappa shape index (κ1) is 13.7. The predicted molar refractivity (Wildman–Crippen MR) is 70.9 cm³/mol. The third-order valence-corrected chi connectivity index (χ3v) is 2.68. The van der Waals surface area contributed by atoms with Crippen molar-refractivity contribution >= 4 is 5.91 Å². The number of rotatable bonds is 7. The smallest absolute Gasteiger partial charge is 0.236 e. The number of likely N-dealkylation sites (N-methyl/N-ethyl adjacent to an activating group) is 1. The second-order valence-electron chi connectivity index (χ2n) is 4.16. The molecule has 3 nitrogen and oxygen atoms in total.